The summed E-state index contributed by atoms with van der Waals surface area (Å²) in [5, 5.41) is 5.49. The van der Waals surface area contributed by atoms with Crippen LogP contribution >= 0.6 is 0 Å². The maximum Gasteiger partial charge on any atom is 0.291 e. The van der Waals surface area contributed by atoms with Gasteiger partial charge >= 0.3 is 0 Å². The normalized spacial score (nSPS) is 11.0. The van der Waals surface area contributed by atoms with Crippen molar-refractivity contribution in [3.05, 3.63) is 76.4 Å². The Balaban J connectivity index is 1.83. The average molecular weight is 318 g/mol. The van der Waals surface area contributed by atoms with E-state index in [1.807, 2.05) is 43.3 Å². The van der Waals surface area contributed by atoms with Gasteiger partial charge in [0.1, 0.15) is 11.3 Å². The highest BCUT2D eigenvalue weighted by atomic mass is 16.3. The summed E-state index contributed by atoms with van der Waals surface area (Å²) in [5.74, 6) is -0.228. The van der Waals surface area contributed by atoms with Crippen LogP contribution in [0.25, 0.3) is 21.7 Å². The van der Waals surface area contributed by atoms with Crippen LogP contribution in [0, 0.1) is 6.92 Å². The maximum absolute atomic E-state index is 12.5. The zero-order valence-electron chi connectivity index (χ0n) is 12.9. The molecule has 0 unspecified atom stereocenters. The fraction of sp³-hybridized carbons (Fsp3) is 0.0526. The highest BCUT2D eigenvalue weighted by molar-refractivity contribution is 6.11. The molecular weight excluding hydrogens is 304 g/mol. The summed E-state index contributed by atoms with van der Waals surface area (Å²) in [6, 6.07) is 13.2. The molecule has 0 fully saturated rings. The van der Waals surface area contributed by atoms with Gasteiger partial charge in [0.2, 0.25) is 5.43 Å². The van der Waals surface area contributed by atoms with Gasteiger partial charge in [-0.25, -0.2) is 0 Å². The van der Waals surface area contributed by atoms with Gasteiger partial charge in [-0.1, -0.05) is 36.4 Å². The van der Waals surface area contributed by atoms with Gasteiger partial charge in [0.25, 0.3) is 5.91 Å². The topological polar surface area (TPSA) is 75.1 Å². The molecule has 0 saturated heterocycles. The Labute approximate surface area is 136 Å². The Hall–Kier alpha value is -3.34. The van der Waals surface area contributed by atoms with Crippen molar-refractivity contribution in [1.29, 1.82) is 0 Å². The van der Waals surface area contributed by atoms with E-state index in [4.69, 9.17) is 4.42 Å². The van der Waals surface area contributed by atoms with E-state index >= 15 is 0 Å². The number of anilines is 1. The van der Waals surface area contributed by atoms with Crippen LogP contribution in [0.3, 0.4) is 0 Å². The first-order valence-electron chi connectivity index (χ1n) is 7.54. The number of aromatic amines is 1. The average Bonchev–Trinajstić information content (AvgIpc) is 2.94. The summed E-state index contributed by atoms with van der Waals surface area (Å²) in [4.78, 5) is 27.1. The molecule has 0 spiro atoms. The molecule has 2 N–H and O–H groups in total. The zero-order chi connectivity index (χ0) is 16.7. The van der Waals surface area contributed by atoms with Gasteiger partial charge in [0, 0.05) is 34.8 Å². The third kappa shape index (κ3) is 2.18. The predicted molar refractivity (Wildman–Crippen MR) is 93.5 cm³/mol. The van der Waals surface area contributed by atoms with Crippen LogP contribution in [0.15, 0.2) is 64.1 Å². The van der Waals surface area contributed by atoms with Gasteiger partial charge in [-0.3, -0.25) is 9.59 Å². The highest BCUT2D eigenvalue weighted by Crippen LogP contribution is 2.31. The van der Waals surface area contributed by atoms with Crippen LogP contribution in [0.1, 0.15) is 16.1 Å². The van der Waals surface area contributed by atoms with E-state index in [1.165, 1.54) is 18.5 Å². The number of rotatable bonds is 2. The fourth-order valence-electron chi connectivity index (χ4n) is 2.86. The molecule has 0 aliphatic carbocycles. The molecule has 0 radical (unpaired) electrons. The monoisotopic (exact) mass is 318 g/mol. The Bertz CT molecular complexity index is 1140. The second-order valence-electron chi connectivity index (χ2n) is 5.60. The van der Waals surface area contributed by atoms with Crippen molar-refractivity contribution in [2.24, 2.45) is 0 Å². The van der Waals surface area contributed by atoms with Crippen molar-refractivity contribution >= 4 is 33.3 Å². The third-order valence-electron chi connectivity index (χ3n) is 4.11. The summed E-state index contributed by atoms with van der Waals surface area (Å²) in [6.45, 7) is 1.84. The second-order valence-corrected chi connectivity index (χ2v) is 5.60. The number of H-pyrrole nitrogens is 1. The molecule has 5 nitrogen and oxygen atoms in total. The highest BCUT2D eigenvalue weighted by Gasteiger charge is 2.19. The molecule has 2 heterocycles. The van der Waals surface area contributed by atoms with Crippen molar-refractivity contribution in [1.82, 2.24) is 4.98 Å². The number of amides is 1. The van der Waals surface area contributed by atoms with Crippen molar-refractivity contribution in [2.75, 3.05) is 5.32 Å². The molecule has 0 aliphatic heterocycles. The van der Waals surface area contributed by atoms with Gasteiger partial charge in [-0.2, -0.15) is 0 Å². The van der Waals surface area contributed by atoms with E-state index in [2.05, 4.69) is 10.3 Å². The lowest BCUT2D eigenvalue weighted by Crippen LogP contribution is -2.18. The van der Waals surface area contributed by atoms with Gasteiger partial charge in [-0.15, -0.1) is 0 Å². The van der Waals surface area contributed by atoms with E-state index in [-0.39, 0.29) is 16.9 Å². The van der Waals surface area contributed by atoms with Crippen LogP contribution in [0.5, 0.6) is 0 Å². The quantitative estimate of drug-likeness (QED) is 0.590. The van der Waals surface area contributed by atoms with Crippen LogP contribution in [-0.4, -0.2) is 10.9 Å². The number of pyridine rings is 1. The molecule has 4 aromatic rings. The molecule has 0 bridgehead atoms. The molecule has 24 heavy (non-hydrogen) atoms. The number of aromatic nitrogens is 1. The summed E-state index contributed by atoms with van der Waals surface area (Å²) in [6.07, 6.45) is 2.96. The minimum atomic E-state index is -0.440. The van der Waals surface area contributed by atoms with Crippen molar-refractivity contribution in [3.8, 4) is 0 Å². The molecule has 1 amide bonds. The molecular formula is C19H14N2O3. The lowest BCUT2D eigenvalue weighted by atomic mass is 10.1. The Morgan fingerprint density at radius 2 is 1.92 bits per heavy atom. The Kier molecular flexibility index (Phi) is 3.20. The number of nitrogens with one attached hydrogen (secondary N) is 2. The summed E-state index contributed by atoms with van der Waals surface area (Å²) < 4.78 is 5.86. The predicted octanol–water partition coefficient (Wildman–Crippen LogP) is 3.84. The molecule has 5 heteroatoms. The van der Waals surface area contributed by atoms with E-state index in [9.17, 15) is 9.59 Å². The van der Waals surface area contributed by atoms with E-state index < -0.39 is 5.91 Å². The number of carbonyl (C=O) groups excluding carboxylic acids is 1. The number of furan rings is 1. The molecule has 118 valence electrons. The Morgan fingerprint density at radius 1 is 1.08 bits per heavy atom. The van der Waals surface area contributed by atoms with Crippen molar-refractivity contribution in [2.45, 2.75) is 6.92 Å². The lowest BCUT2D eigenvalue weighted by molar-refractivity contribution is 0.0998. The van der Waals surface area contributed by atoms with Gasteiger partial charge < -0.3 is 14.7 Å². The lowest BCUT2D eigenvalue weighted by Gasteiger charge is -2.02. The van der Waals surface area contributed by atoms with Crippen LogP contribution in [-0.2, 0) is 0 Å². The summed E-state index contributed by atoms with van der Waals surface area (Å²) in [5.41, 5.74) is 1.35. The zero-order valence-corrected chi connectivity index (χ0v) is 12.9. The van der Waals surface area contributed by atoms with Gasteiger partial charge in [-0.05, 0) is 12.3 Å². The second kappa shape index (κ2) is 5.38. The molecule has 2 aromatic heterocycles. The van der Waals surface area contributed by atoms with Crippen LogP contribution < -0.4 is 10.7 Å². The Morgan fingerprint density at radius 3 is 2.75 bits per heavy atom. The number of hydrogen-bond donors (Lipinski definition) is 2. The fourth-order valence-corrected chi connectivity index (χ4v) is 2.86. The maximum atomic E-state index is 12.5. The summed E-state index contributed by atoms with van der Waals surface area (Å²) in [7, 11) is 0. The number of fused-ring (bicyclic) bond motifs is 3. The van der Waals surface area contributed by atoms with Crippen LogP contribution in [0.4, 0.5) is 5.69 Å². The summed E-state index contributed by atoms with van der Waals surface area (Å²) >= 11 is 0. The minimum Gasteiger partial charge on any atom is -0.450 e. The molecule has 4 rings (SSSR count). The number of carbonyl (C=O) groups is 1. The number of hydrogen-bond acceptors (Lipinski definition) is 3. The first kappa shape index (κ1) is 14.3. The first-order valence-corrected chi connectivity index (χ1v) is 7.54. The smallest absolute Gasteiger partial charge is 0.291 e. The number of benzene rings is 2. The van der Waals surface area contributed by atoms with Gasteiger partial charge in [0.05, 0.1) is 0 Å². The minimum absolute atomic E-state index is 0.187. The van der Waals surface area contributed by atoms with Crippen molar-refractivity contribution in [3.63, 3.8) is 0 Å². The molecule has 0 saturated carbocycles. The van der Waals surface area contributed by atoms with E-state index in [0.717, 1.165) is 21.7 Å². The first-order chi connectivity index (χ1) is 11.6. The molecule has 0 atom stereocenters. The van der Waals surface area contributed by atoms with E-state index in [1.54, 1.807) is 0 Å². The molecule has 0 aliphatic rings. The molecule has 2 aromatic carbocycles. The largest absolute Gasteiger partial charge is 0.450 e. The van der Waals surface area contributed by atoms with Crippen LogP contribution in [0.2, 0.25) is 0 Å². The van der Waals surface area contributed by atoms with Gasteiger partial charge in [0.15, 0.2) is 5.76 Å². The SMILES string of the molecule is Cc1c(C(=O)Nc2c[nH]ccc2=O)oc2c1ccc1ccccc12. The number of aryl methyl sites for hydroxylation is 1. The standard InChI is InChI=1S/C19H14N2O3/c1-11-13-7-6-12-4-2-3-5-14(12)18(13)24-17(11)19(23)21-15-10-20-9-8-16(15)22/h2-10H,1H3,(H,20,22)(H,21,23). The van der Waals surface area contributed by atoms with E-state index in [0.29, 0.717) is 5.58 Å². The third-order valence-corrected chi connectivity index (χ3v) is 4.11. The van der Waals surface area contributed by atoms with Crippen molar-refractivity contribution < 1.29 is 9.21 Å².